The zero-order chi connectivity index (χ0) is 12.6. The lowest BCUT2D eigenvalue weighted by molar-refractivity contribution is -0.135. The van der Waals surface area contributed by atoms with Gasteiger partial charge in [0.25, 0.3) is 0 Å². The third-order valence-corrected chi connectivity index (χ3v) is 2.62. The molecule has 0 saturated carbocycles. The summed E-state index contributed by atoms with van der Waals surface area (Å²) < 4.78 is 0. The summed E-state index contributed by atoms with van der Waals surface area (Å²) in [4.78, 5) is 21.3. The molecule has 0 heterocycles. The number of aliphatic carboxylic acids is 2. The fourth-order valence-corrected chi connectivity index (χ4v) is 1.61. The normalized spacial score (nSPS) is 12.7. The van der Waals surface area contributed by atoms with Gasteiger partial charge in [-0.25, -0.2) is 9.59 Å². The molecule has 0 aromatic heterocycles. The van der Waals surface area contributed by atoms with Crippen LogP contribution in [0.1, 0.15) is 46.0 Å². The smallest absolute Gasteiger partial charge is 0.331 e. The van der Waals surface area contributed by atoms with Gasteiger partial charge in [-0.15, -0.1) is 0 Å². The van der Waals surface area contributed by atoms with E-state index in [1.165, 1.54) is 0 Å². The molecule has 100 valence electrons. The molecular formula is C12H23NO4. The minimum Gasteiger partial charge on any atom is -0.478 e. The predicted molar refractivity (Wildman–Crippen MR) is 66.3 cm³/mol. The Bertz CT molecular complexity index is 274. The molecule has 0 bridgehead atoms. The Labute approximate surface area is 102 Å². The maximum atomic E-state index is 10.8. The fraction of sp³-hybridized carbons (Fsp3) is 0.667. The Morgan fingerprint density at radius 1 is 1.24 bits per heavy atom. The van der Waals surface area contributed by atoms with E-state index in [2.05, 4.69) is 6.92 Å². The predicted octanol–water partition coefficient (Wildman–Crippen LogP) is 2.85. The Kier molecular flexibility index (Phi) is 10.4. The van der Waals surface area contributed by atoms with Crippen LogP contribution in [0.4, 0.5) is 0 Å². The van der Waals surface area contributed by atoms with Gasteiger partial charge in [-0.05, 0) is 12.3 Å². The van der Waals surface area contributed by atoms with Crippen LogP contribution in [0.2, 0.25) is 0 Å². The van der Waals surface area contributed by atoms with Crippen molar-refractivity contribution in [2.75, 3.05) is 0 Å². The molecular weight excluding hydrogens is 222 g/mol. The lowest BCUT2D eigenvalue weighted by atomic mass is 9.92. The van der Waals surface area contributed by atoms with Crippen molar-refractivity contribution < 1.29 is 19.8 Å². The number of hydrogen-bond donors (Lipinski definition) is 3. The highest BCUT2D eigenvalue weighted by Crippen LogP contribution is 2.21. The van der Waals surface area contributed by atoms with Gasteiger partial charge >= 0.3 is 11.9 Å². The van der Waals surface area contributed by atoms with Crippen LogP contribution in [0.25, 0.3) is 0 Å². The summed E-state index contributed by atoms with van der Waals surface area (Å²) in [6, 6.07) is 0. The summed E-state index contributed by atoms with van der Waals surface area (Å²) in [7, 11) is 0. The molecule has 5 N–H and O–H groups in total. The number of rotatable bonds is 8. The minimum absolute atomic E-state index is 0. The zero-order valence-corrected chi connectivity index (χ0v) is 10.6. The van der Waals surface area contributed by atoms with E-state index < -0.39 is 11.9 Å². The average molecular weight is 245 g/mol. The highest BCUT2D eigenvalue weighted by Gasteiger charge is 2.15. The molecule has 0 aliphatic rings. The summed E-state index contributed by atoms with van der Waals surface area (Å²) in [5, 5.41) is 17.4. The molecule has 0 saturated heterocycles. The van der Waals surface area contributed by atoms with Crippen molar-refractivity contribution in [3.8, 4) is 0 Å². The van der Waals surface area contributed by atoms with Crippen LogP contribution in [-0.4, -0.2) is 22.2 Å². The van der Waals surface area contributed by atoms with Gasteiger partial charge < -0.3 is 16.4 Å². The summed E-state index contributed by atoms with van der Waals surface area (Å²) in [6.45, 7) is 4.08. The van der Waals surface area contributed by atoms with Crippen LogP contribution in [0.15, 0.2) is 11.6 Å². The Morgan fingerprint density at radius 3 is 2.18 bits per heavy atom. The molecule has 0 aromatic rings. The van der Waals surface area contributed by atoms with Crippen molar-refractivity contribution in [3.05, 3.63) is 11.6 Å². The van der Waals surface area contributed by atoms with Crippen LogP contribution in [0.5, 0.6) is 0 Å². The fourth-order valence-electron chi connectivity index (χ4n) is 1.61. The molecule has 0 amide bonds. The van der Waals surface area contributed by atoms with Crippen LogP contribution in [0.3, 0.4) is 0 Å². The van der Waals surface area contributed by atoms with Gasteiger partial charge in [0.1, 0.15) is 0 Å². The molecule has 17 heavy (non-hydrogen) atoms. The second-order valence-corrected chi connectivity index (χ2v) is 3.93. The maximum absolute atomic E-state index is 10.8. The van der Waals surface area contributed by atoms with Crippen molar-refractivity contribution in [1.29, 1.82) is 0 Å². The van der Waals surface area contributed by atoms with E-state index in [4.69, 9.17) is 10.2 Å². The van der Waals surface area contributed by atoms with Crippen LogP contribution >= 0.6 is 0 Å². The van der Waals surface area contributed by atoms with Crippen molar-refractivity contribution in [2.45, 2.75) is 46.0 Å². The van der Waals surface area contributed by atoms with E-state index in [9.17, 15) is 9.59 Å². The Balaban J connectivity index is 0. The van der Waals surface area contributed by atoms with Gasteiger partial charge in [-0.1, -0.05) is 39.5 Å². The van der Waals surface area contributed by atoms with Crippen LogP contribution < -0.4 is 6.15 Å². The topological polar surface area (TPSA) is 110 Å². The second kappa shape index (κ2) is 9.84. The lowest BCUT2D eigenvalue weighted by Gasteiger charge is -2.14. The number of carboxylic acids is 2. The summed E-state index contributed by atoms with van der Waals surface area (Å²) in [5.41, 5.74) is -0.00421. The van der Waals surface area contributed by atoms with Crippen molar-refractivity contribution >= 4 is 11.9 Å². The summed E-state index contributed by atoms with van der Waals surface area (Å²) in [6.07, 6.45) is 5.11. The van der Waals surface area contributed by atoms with E-state index in [-0.39, 0.29) is 17.6 Å². The number of hydrogen-bond acceptors (Lipinski definition) is 3. The summed E-state index contributed by atoms with van der Waals surface area (Å²) in [5.74, 6) is -2.05. The molecule has 0 fully saturated rings. The van der Waals surface area contributed by atoms with Crippen LogP contribution in [0, 0.1) is 5.92 Å². The first-order chi connectivity index (χ1) is 7.51. The first-order valence-electron chi connectivity index (χ1n) is 5.68. The monoisotopic (exact) mass is 245 g/mol. The molecule has 0 aromatic carbocycles. The van der Waals surface area contributed by atoms with Gasteiger partial charge in [0.2, 0.25) is 0 Å². The van der Waals surface area contributed by atoms with E-state index in [1.807, 2.05) is 6.92 Å². The number of unbranched alkanes of at least 4 members (excludes halogenated alkanes) is 1. The SMILES string of the molecule is CCCCC(CC)C/C(=C/C(=O)O)C(=O)O.N. The molecule has 1 atom stereocenters. The quantitative estimate of drug-likeness (QED) is 0.569. The number of carbonyl (C=O) groups is 2. The standard InChI is InChI=1S/C12H20O4.H3N/c1-3-5-6-9(4-2)7-10(12(15)16)8-11(13)14;/h8-9H,3-7H2,1-2H3,(H,13,14)(H,15,16);1H3/b10-8-;. The first kappa shape index (κ1) is 18.0. The van der Waals surface area contributed by atoms with Gasteiger partial charge in [0.05, 0.1) is 0 Å². The number of carboxylic acid groups (broad SMARTS) is 2. The minimum atomic E-state index is -1.19. The van der Waals surface area contributed by atoms with Crippen LogP contribution in [-0.2, 0) is 9.59 Å². The maximum Gasteiger partial charge on any atom is 0.331 e. The molecule has 5 heteroatoms. The molecule has 0 rings (SSSR count). The third kappa shape index (κ3) is 8.45. The van der Waals surface area contributed by atoms with Crippen molar-refractivity contribution in [2.24, 2.45) is 5.92 Å². The third-order valence-electron chi connectivity index (χ3n) is 2.62. The van der Waals surface area contributed by atoms with E-state index in [0.29, 0.717) is 6.42 Å². The molecule has 0 aliphatic carbocycles. The zero-order valence-electron chi connectivity index (χ0n) is 10.6. The molecule has 1 unspecified atom stereocenters. The van der Waals surface area contributed by atoms with E-state index in [1.54, 1.807) is 0 Å². The van der Waals surface area contributed by atoms with Crippen molar-refractivity contribution in [3.63, 3.8) is 0 Å². The Morgan fingerprint density at radius 2 is 1.82 bits per heavy atom. The van der Waals surface area contributed by atoms with Crippen molar-refractivity contribution in [1.82, 2.24) is 6.15 Å². The van der Waals surface area contributed by atoms with E-state index in [0.717, 1.165) is 31.8 Å². The van der Waals surface area contributed by atoms with Gasteiger partial charge in [0, 0.05) is 11.6 Å². The highest BCUT2D eigenvalue weighted by atomic mass is 16.4. The van der Waals surface area contributed by atoms with Gasteiger partial charge in [0.15, 0.2) is 0 Å². The molecule has 5 nitrogen and oxygen atoms in total. The molecule has 0 radical (unpaired) electrons. The molecule has 0 spiro atoms. The van der Waals surface area contributed by atoms with Gasteiger partial charge in [-0.2, -0.15) is 0 Å². The summed E-state index contributed by atoms with van der Waals surface area (Å²) >= 11 is 0. The van der Waals surface area contributed by atoms with E-state index >= 15 is 0 Å². The second-order valence-electron chi connectivity index (χ2n) is 3.93. The Hall–Kier alpha value is -1.36. The van der Waals surface area contributed by atoms with Gasteiger partial charge in [-0.3, -0.25) is 0 Å². The average Bonchev–Trinajstić information content (AvgIpc) is 2.21. The largest absolute Gasteiger partial charge is 0.478 e. The highest BCUT2D eigenvalue weighted by molar-refractivity contribution is 5.94. The molecule has 0 aliphatic heterocycles. The first-order valence-corrected chi connectivity index (χ1v) is 5.68. The lowest BCUT2D eigenvalue weighted by Crippen LogP contribution is -2.09.